The van der Waals surface area contributed by atoms with Gasteiger partial charge in [0.15, 0.2) is 16.6 Å². The third kappa shape index (κ3) is 2.36. The standard InChI is InChI=1S/C10H6Cl2FN3O2S/c1-2-3(11)6(19-7(2)13)9-15-5(10(17)18)4(12)8(14)16-9/h1H3,(H,17,18)(H2,14,15,16). The van der Waals surface area contributed by atoms with Gasteiger partial charge in [-0.2, -0.15) is 4.39 Å². The van der Waals surface area contributed by atoms with Crippen molar-refractivity contribution in [3.05, 3.63) is 26.4 Å². The zero-order chi connectivity index (χ0) is 14.3. The molecular weight excluding hydrogens is 316 g/mol. The van der Waals surface area contributed by atoms with Crippen molar-refractivity contribution in [3.63, 3.8) is 0 Å². The molecule has 0 fully saturated rings. The molecule has 0 atom stereocenters. The van der Waals surface area contributed by atoms with Crippen LogP contribution >= 0.6 is 34.5 Å². The summed E-state index contributed by atoms with van der Waals surface area (Å²) < 4.78 is 13.4. The van der Waals surface area contributed by atoms with E-state index in [1.807, 2.05) is 0 Å². The van der Waals surface area contributed by atoms with E-state index in [2.05, 4.69) is 9.97 Å². The smallest absolute Gasteiger partial charge is 0.356 e. The fourth-order valence-corrected chi connectivity index (χ4v) is 2.68. The summed E-state index contributed by atoms with van der Waals surface area (Å²) in [6.45, 7) is 1.50. The first kappa shape index (κ1) is 14.0. The molecule has 5 nitrogen and oxygen atoms in total. The molecule has 2 aromatic rings. The summed E-state index contributed by atoms with van der Waals surface area (Å²) in [6.07, 6.45) is 0. The minimum atomic E-state index is -1.36. The molecule has 0 spiro atoms. The van der Waals surface area contributed by atoms with Crippen molar-refractivity contribution >= 4 is 46.3 Å². The second kappa shape index (κ2) is 4.92. The minimum absolute atomic E-state index is 0.0682. The summed E-state index contributed by atoms with van der Waals surface area (Å²) in [5.41, 5.74) is 5.31. The van der Waals surface area contributed by atoms with Gasteiger partial charge in [-0.25, -0.2) is 14.8 Å². The van der Waals surface area contributed by atoms with Crippen LogP contribution in [0.2, 0.25) is 10.0 Å². The van der Waals surface area contributed by atoms with Gasteiger partial charge in [-0.3, -0.25) is 0 Å². The molecule has 0 aliphatic heterocycles. The highest BCUT2D eigenvalue weighted by molar-refractivity contribution is 7.14. The molecule has 9 heteroatoms. The van der Waals surface area contributed by atoms with Gasteiger partial charge in [-0.05, 0) is 6.92 Å². The van der Waals surface area contributed by atoms with Crippen LogP contribution in [-0.4, -0.2) is 21.0 Å². The summed E-state index contributed by atoms with van der Waals surface area (Å²) in [5, 5.41) is 8.33. The lowest BCUT2D eigenvalue weighted by atomic mass is 10.3. The predicted molar refractivity (Wildman–Crippen MR) is 71.4 cm³/mol. The molecule has 19 heavy (non-hydrogen) atoms. The zero-order valence-corrected chi connectivity index (χ0v) is 11.7. The average molecular weight is 322 g/mol. The quantitative estimate of drug-likeness (QED) is 0.886. The van der Waals surface area contributed by atoms with E-state index in [9.17, 15) is 9.18 Å². The fourth-order valence-electron chi connectivity index (χ4n) is 1.32. The van der Waals surface area contributed by atoms with E-state index in [-0.39, 0.29) is 32.1 Å². The third-order valence-electron chi connectivity index (χ3n) is 2.30. The topological polar surface area (TPSA) is 89.1 Å². The molecule has 0 aliphatic carbocycles. The normalized spacial score (nSPS) is 10.7. The molecule has 3 N–H and O–H groups in total. The van der Waals surface area contributed by atoms with Crippen molar-refractivity contribution in [2.75, 3.05) is 5.73 Å². The summed E-state index contributed by atoms with van der Waals surface area (Å²) in [7, 11) is 0. The predicted octanol–water partition coefficient (Wildman–Crippen LogP) is 3.24. The molecule has 0 radical (unpaired) electrons. The summed E-state index contributed by atoms with van der Waals surface area (Å²) in [4.78, 5) is 18.8. The Balaban J connectivity index is 2.69. The molecule has 100 valence electrons. The van der Waals surface area contributed by atoms with E-state index >= 15 is 0 Å². The molecular formula is C10H6Cl2FN3O2S. The van der Waals surface area contributed by atoms with Crippen LogP contribution in [0.25, 0.3) is 10.7 Å². The minimum Gasteiger partial charge on any atom is -0.476 e. The summed E-state index contributed by atoms with van der Waals surface area (Å²) >= 11 is 12.3. The first-order chi connectivity index (χ1) is 8.82. The number of carboxylic acids is 1. The van der Waals surface area contributed by atoms with Crippen LogP contribution in [0.5, 0.6) is 0 Å². The molecule has 0 aliphatic rings. The third-order valence-corrected chi connectivity index (χ3v) is 4.33. The number of thiophene rings is 1. The SMILES string of the molecule is Cc1c(F)sc(-c2nc(N)c(Cl)c(C(=O)O)n2)c1Cl. The van der Waals surface area contributed by atoms with E-state index in [4.69, 9.17) is 34.0 Å². The van der Waals surface area contributed by atoms with Crippen LogP contribution in [0, 0.1) is 12.1 Å². The van der Waals surface area contributed by atoms with E-state index in [1.54, 1.807) is 0 Å². The molecule has 2 aromatic heterocycles. The Hall–Kier alpha value is -1.44. The van der Waals surface area contributed by atoms with Crippen LogP contribution in [-0.2, 0) is 0 Å². The zero-order valence-electron chi connectivity index (χ0n) is 9.37. The Morgan fingerprint density at radius 3 is 2.47 bits per heavy atom. The van der Waals surface area contributed by atoms with Gasteiger partial charge in [0.05, 0.1) is 9.90 Å². The van der Waals surface area contributed by atoms with E-state index in [0.717, 1.165) is 0 Å². The first-order valence-corrected chi connectivity index (χ1v) is 6.41. The Morgan fingerprint density at radius 2 is 2.00 bits per heavy atom. The van der Waals surface area contributed by atoms with Crippen molar-refractivity contribution in [2.24, 2.45) is 0 Å². The van der Waals surface area contributed by atoms with Crippen LogP contribution in [0.1, 0.15) is 16.1 Å². The number of rotatable bonds is 2. The second-order valence-electron chi connectivity index (χ2n) is 3.54. The Bertz CT molecular complexity index is 690. The van der Waals surface area contributed by atoms with Gasteiger partial charge in [0.25, 0.3) is 0 Å². The number of nitrogen functional groups attached to an aromatic ring is 1. The van der Waals surface area contributed by atoms with Crippen molar-refractivity contribution in [1.82, 2.24) is 9.97 Å². The summed E-state index contributed by atoms with van der Waals surface area (Å²) in [6, 6.07) is 0. The van der Waals surface area contributed by atoms with Crippen LogP contribution in [0.3, 0.4) is 0 Å². The lowest BCUT2D eigenvalue weighted by Gasteiger charge is -2.04. The Labute approximate surface area is 120 Å². The van der Waals surface area contributed by atoms with Gasteiger partial charge >= 0.3 is 5.97 Å². The lowest BCUT2D eigenvalue weighted by molar-refractivity contribution is 0.0690. The molecule has 2 rings (SSSR count). The molecule has 0 aromatic carbocycles. The maximum Gasteiger partial charge on any atom is 0.356 e. The van der Waals surface area contributed by atoms with Crippen molar-refractivity contribution in [3.8, 4) is 10.7 Å². The number of hydrogen-bond donors (Lipinski definition) is 2. The van der Waals surface area contributed by atoms with Gasteiger partial charge in [0.2, 0.25) is 0 Å². The Morgan fingerprint density at radius 1 is 1.37 bits per heavy atom. The molecule has 0 saturated heterocycles. The van der Waals surface area contributed by atoms with E-state index in [0.29, 0.717) is 11.3 Å². The van der Waals surface area contributed by atoms with Crippen LogP contribution in [0.15, 0.2) is 0 Å². The monoisotopic (exact) mass is 321 g/mol. The first-order valence-electron chi connectivity index (χ1n) is 4.84. The van der Waals surface area contributed by atoms with Gasteiger partial charge in [-0.1, -0.05) is 23.2 Å². The van der Waals surface area contributed by atoms with Crippen molar-refractivity contribution < 1.29 is 14.3 Å². The maximum absolute atomic E-state index is 13.4. The number of carboxylic acid groups (broad SMARTS) is 1. The van der Waals surface area contributed by atoms with Crippen LogP contribution in [0.4, 0.5) is 10.2 Å². The fraction of sp³-hybridized carbons (Fsp3) is 0.100. The summed E-state index contributed by atoms with van der Waals surface area (Å²) in [5.74, 6) is -1.63. The van der Waals surface area contributed by atoms with E-state index < -0.39 is 16.8 Å². The van der Waals surface area contributed by atoms with Gasteiger partial charge < -0.3 is 10.8 Å². The van der Waals surface area contributed by atoms with Gasteiger partial charge in [-0.15, -0.1) is 11.3 Å². The van der Waals surface area contributed by atoms with Crippen molar-refractivity contribution in [2.45, 2.75) is 6.92 Å². The largest absolute Gasteiger partial charge is 0.476 e. The number of nitrogens with two attached hydrogens (primary N) is 1. The molecule has 2 heterocycles. The molecule has 0 saturated carbocycles. The lowest BCUT2D eigenvalue weighted by Crippen LogP contribution is -2.07. The molecule has 0 bridgehead atoms. The number of hydrogen-bond acceptors (Lipinski definition) is 5. The number of halogens is 3. The van der Waals surface area contributed by atoms with E-state index in [1.165, 1.54) is 6.92 Å². The number of aromatic nitrogens is 2. The second-order valence-corrected chi connectivity index (χ2v) is 5.27. The number of anilines is 1. The van der Waals surface area contributed by atoms with Gasteiger partial charge in [0.1, 0.15) is 10.8 Å². The van der Waals surface area contributed by atoms with Crippen molar-refractivity contribution in [1.29, 1.82) is 0 Å². The number of carbonyl (C=O) groups is 1. The average Bonchev–Trinajstić information content (AvgIpc) is 2.60. The highest BCUT2D eigenvalue weighted by atomic mass is 35.5. The highest BCUT2D eigenvalue weighted by Crippen LogP contribution is 2.38. The van der Waals surface area contributed by atoms with Gasteiger partial charge in [0, 0.05) is 5.56 Å². The highest BCUT2D eigenvalue weighted by Gasteiger charge is 2.22. The van der Waals surface area contributed by atoms with Crippen LogP contribution < -0.4 is 5.73 Å². The Kier molecular flexibility index (Phi) is 3.62. The molecule has 0 amide bonds. The molecule has 0 unspecified atom stereocenters. The number of nitrogens with zero attached hydrogens (tertiary/aromatic N) is 2. The number of aromatic carboxylic acids is 1. The maximum atomic E-state index is 13.4.